The Bertz CT molecular complexity index is 915. The minimum Gasteiger partial charge on any atom is -0.331 e. The highest BCUT2D eigenvalue weighted by Crippen LogP contribution is 2.19. The molecule has 130 valence electrons. The molecule has 2 heterocycles. The van der Waals surface area contributed by atoms with Crippen molar-refractivity contribution in [2.45, 2.75) is 20.4 Å². The van der Waals surface area contributed by atoms with Gasteiger partial charge in [0.15, 0.2) is 11.6 Å². The molecule has 2 amide bonds. The lowest BCUT2D eigenvalue weighted by molar-refractivity contribution is 0.251. The maximum Gasteiger partial charge on any atom is 0.319 e. The molecule has 0 atom stereocenters. The summed E-state index contributed by atoms with van der Waals surface area (Å²) in [5.41, 5.74) is 2.31. The van der Waals surface area contributed by atoms with Crippen molar-refractivity contribution >= 4 is 11.7 Å². The number of carbonyl (C=O) groups excluding carboxylic acids is 1. The molecule has 0 aliphatic rings. The average Bonchev–Trinajstić information content (AvgIpc) is 3.10. The second-order valence-electron chi connectivity index (χ2n) is 5.67. The monoisotopic (exact) mass is 343 g/mol. The lowest BCUT2D eigenvalue weighted by atomic mass is 10.2. The molecule has 0 bridgehead atoms. The Labute approximate surface area is 143 Å². The molecule has 0 aliphatic heterocycles. The second kappa shape index (κ2) is 6.71. The van der Waals surface area contributed by atoms with E-state index in [2.05, 4.69) is 25.9 Å². The third-order valence-corrected chi connectivity index (χ3v) is 3.66. The van der Waals surface area contributed by atoms with Crippen LogP contribution in [0.25, 0.3) is 5.69 Å². The number of carbonyl (C=O) groups is 1. The molecule has 3 aromatic rings. The van der Waals surface area contributed by atoms with Gasteiger partial charge in [-0.05, 0) is 38.1 Å². The first-order chi connectivity index (χ1) is 11.9. The van der Waals surface area contributed by atoms with Gasteiger partial charge in [-0.2, -0.15) is 5.10 Å². The highest BCUT2D eigenvalue weighted by molar-refractivity contribution is 5.89. The fourth-order valence-corrected chi connectivity index (χ4v) is 2.43. The molecule has 0 saturated carbocycles. The summed E-state index contributed by atoms with van der Waals surface area (Å²) in [6.07, 6.45) is 1.54. The maximum atomic E-state index is 14.4. The van der Waals surface area contributed by atoms with E-state index in [1.165, 1.54) is 10.7 Å². The van der Waals surface area contributed by atoms with Crippen LogP contribution in [-0.4, -0.2) is 30.6 Å². The number of nitrogens with zero attached hydrogens (tertiary/aromatic N) is 5. The fourth-order valence-electron chi connectivity index (χ4n) is 2.43. The van der Waals surface area contributed by atoms with Gasteiger partial charge < -0.3 is 15.2 Å². The first-order valence-corrected chi connectivity index (χ1v) is 7.65. The third kappa shape index (κ3) is 3.65. The van der Waals surface area contributed by atoms with Crippen LogP contribution in [0.2, 0.25) is 0 Å². The predicted molar refractivity (Wildman–Crippen MR) is 89.9 cm³/mol. The zero-order valence-electron chi connectivity index (χ0n) is 14.1. The minimum absolute atomic E-state index is 0.217. The van der Waals surface area contributed by atoms with E-state index < -0.39 is 11.8 Å². The predicted octanol–water partition coefficient (Wildman–Crippen LogP) is 2.08. The number of aryl methyl sites for hydroxylation is 3. The van der Waals surface area contributed by atoms with Crippen molar-refractivity contribution in [3.63, 3.8) is 0 Å². The van der Waals surface area contributed by atoms with Crippen molar-refractivity contribution in [3.8, 4) is 5.69 Å². The quantitative estimate of drug-likeness (QED) is 0.759. The minimum atomic E-state index is -0.475. The van der Waals surface area contributed by atoms with E-state index >= 15 is 0 Å². The lowest BCUT2D eigenvalue weighted by Gasteiger charge is -2.10. The number of hydrogen-bond acceptors (Lipinski definition) is 4. The smallest absolute Gasteiger partial charge is 0.319 e. The summed E-state index contributed by atoms with van der Waals surface area (Å²) in [4.78, 5) is 11.9. The van der Waals surface area contributed by atoms with Crippen LogP contribution in [0.15, 0.2) is 30.6 Å². The van der Waals surface area contributed by atoms with Crippen LogP contribution in [0.5, 0.6) is 0 Å². The van der Waals surface area contributed by atoms with Crippen LogP contribution in [0.4, 0.5) is 14.9 Å². The SMILES string of the molecule is Cc1cc(C)n(-c2ccc(NC(=O)NCc3nncn3C)cc2F)n1. The molecule has 2 N–H and O–H groups in total. The van der Waals surface area contributed by atoms with E-state index in [0.29, 0.717) is 17.2 Å². The average molecular weight is 343 g/mol. The summed E-state index contributed by atoms with van der Waals surface area (Å²) in [6.45, 7) is 3.92. The summed E-state index contributed by atoms with van der Waals surface area (Å²) in [5.74, 6) is 0.138. The van der Waals surface area contributed by atoms with Crippen LogP contribution >= 0.6 is 0 Å². The number of amides is 2. The number of urea groups is 1. The Balaban J connectivity index is 1.67. The normalized spacial score (nSPS) is 10.7. The first kappa shape index (κ1) is 16.6. The van der Waals surface area contributed by atoms with Gasteiger partial charge >= 0.3 is 6.03 Å². The van der Waals surface area contributed by atoms with Gasteiger partial charge in [-0.3, -0.25) is 0 Å². The van der Waals surface area contributed by atoms with Gasteiger partial charge in [-0.25, -0.2) is 13.9 Å². The largest absolute Gasteiger partial charge is 0.331 e. The molecule has 0 aliphatic carbocycles. The topological polar surface area (TPSA) is 89.7 Å². The number of halogens is 1. The summed E-state index contributed by atoms with van der Waals surface area (Å²) >= 11 is 0. The molecule has 3 rings (SSSR count). The summed E-state index contributed by atoms with van der Waals surface area (Å²) in [6, 6.07) is 5.87. The van der Waals surface area contributed by atoms with E-state index in [1.54, 1.807) is 30.1 Å². The molecule has 9 heteroatoms. The van der Waals surface area contributed by atoms with Crippen molar-refractivity contribution in [2.24, 2.45) is 7.05 Å². The number of hydrogen-bond donors (Lipinski definition) is 2. The van der Waals surface area contributed by atoms with Crippen LogP contribution in [0.3, 0.4) is 0 Å². The van der Waals surface area contributed by atoms with Gasteiger partial charge in [0.25, 0.3) is 0 Å². The van der Waals surface area contributed by atoms with Crippen molar-refractivity contribution < 1.29 is 9.18 Å². The van der Waals surface area contributed by atoms with Gasteiger partial charge in [-0.15, -0.1) is 10.2 Å². The van der Waals surface area contributed by atoms with E-state index in [9.17, 15) is 9.18 Å². The molecule has 0 unspecified atom stereocenters. The standard InChI is InChI=1S/C16H18FN7O/c1-10-6-11(2)24(22-10)14-5-4-12(7-13(14)17)20-16(25)18-8-15-21-19-9-23(15)3/h4-7,9H,8H2,1-3H3,(H2,18,20,25). The molecule has 2 aromatic heterocycles. The zero-order chi connectivity index (χ0) is 18.0. The van der Waals surface area contributed by atoms with E-state index in [-0.39, 0.29) is 6.54 Å². The molecule has 0 spiro atoms. The Hall–Kier alpha value is -3.23. The van der Waals surface area contributed by atoms with E-state index in [4.69, 9.17) is 0 Å². The van der Waals surface area contributed by atoms with Gasteiger partial charge in [-0.1, -0.05) is 0 Å². The summed E-state index contributed by atoms with van der Waals surface area (Å²) in [7, 11) is 1.78. The van der Waals surface area contributed by atoms with Gasteiger partial charge in [0, 0.05) is 18.4 Å². The number of anilines is 1. The van der Waals surface area contributed by atoms with Crippen LogP contribution < -0.4 is 10.6 Å². The van der Waals surface area contributed by atoms with Crippen LogP contribution in [-0.2, 0) is 13.6 Å². The van der Waals surface area contributed by atoms with Gasteiger partial charge in [0.2, 0.25) is 0 Å². The molecule has 0 saturated heterocycles. The van der Waals surface area contributed by atoms with Crippen molar-refractivity contribution in [1.82, 2.24) is 29.9 Å². The maximum absolute atomic E-state index is 14.4. The summed E-state index contributed by atoms with van der Waals surface area (Å²) < 4.78 is 17.6. The second-order valence-corrected chi connectivity index (χ2v) is 5.67. The Morgan fingerprint density at radius 1 is 1.28 bits per heavy atom. The zero-order valence-corrected chi connectivity index (χ0v) is 14.1. The van der Waals surface area contributed by atoms with Gasteiger partial charge in [0.1, 0.15) is 12.0 Å². The number of aromatic nitrogens is 5. The Morgan fingerprint density at radius 2 is 2.08 bits per heavy atom. The molecule has 0 radical (unpaired) electrons. The molecule has 25 heavy (non-hydrogen) atoms. The van der Waals surface area contributed by atoms with Crippen LogP contribution in [0.1, 0.15) is 17.2 Å². The highest BCUT2D eigenvalue weighted by atomic mass is 19.1. The molecule has 8 nitrogen and oxygen atoms in total. The van der Waals surface area contributed by atoms with E-state index in [0.717, 1.165) is 11.4 Å². The van der Waals surface area contributed by atoms with Crippen molar-refractivity contribution in [2.75, 3.05) is 5.32 Å². The molecular formula is C16H18FN7O. The fraction of sp³-hybridized carbons (Fsp3) is 0.250. The lowest BCUT2D eigenvalue weighted by Crippen LogP contribution is -2.29. The Morgan fingerprint density at radius 3 is 2.68 bits per heavy atom. The first-order valence-electron chi connectivity index (χ1n) is 7.65. The number of nitrogens with one attached hydrogen (secondary N) is 2. The van der Waals surface area contributed by atoms with Crippen molar-refractivity contribution in [1.29, 1.82) is 0 Å². The highest BCUT2D eigenvalue weighted by Gasteiger charge is 2.11. The molecular weight excluding hydrogens is 325 g/mol. The van der Waals surface area contributed by atoms with E-state index in [1.807, 2.05) is 19.9 Å². The molecule has 0 fully saturated rings. The third-order valence-electron chi connectivity index (χ3n) is 3.66. The number of rotatable bonds is 4. The van der Waals surface area contributed by atoms with Crippen molar-refractivity contribution in [3.05, 3.63) is 53.6 Å². The number of benzene rings is 1. The van der Waals surface area contributed by atoms with Gasteiger partial charge in [0.05, 0.1) is 12.2 Å². The Kier molecular flexibility index (Phi) is 4.46. The molecule has 1 aromatic carbocycles. The summed E-state index contributed by atoms with van der Waals surface area (Å²) in [5, 5.41) is 17.1. The van der Waals surface area contributed by atoms with Crippen LogP contribution in [0, 0.1) is 19.7 Å².